The predicted octanol–water partition coefficient (Wildman–Crippen LogP) is 3.47. The van der Waals surface area contributed by atoms with Gasteiger partial charge in [0.2, 0.25) is 0 Å². The largest absolute Gasteiger partial charge is 0.507 e. The van der Waals surface area contributed by atoms with Crippen molar-refractivity contribution in [2.45, 2.75) is 6.42 Å². The third-order valence-electron chi connectivity index (χ3n) is 2.19. The summed E-state index contributed by atoms with van der Waals surface area (Å²) in [4.78, 5) is 0. The molecule has 1 aromatic carbocycles. The molecule has 1 aliphatic rings. The zero-order valence-corrected chi connectivity index (χ0v) is 7.85. The molecule has 1 aliphatic carbocycles. The molecule has 0 saturated heterocycles. The van der Waals surface area contributed by atoms with Crippen LogP contribution < -0.4 is 0 Å². The zero-order chi connectivity index (χ0) is 9.80. The van der Waals surface area contributed by atoms with E-state index in [1.165, 1.54) is 0 Å². The van der Waals surface area contributed by atoms with E-state index in [1.807, 2.05) is 54.6 Å². The summed E-state index contributed by atoms with van der Waals surface area (Å²) in [5.74, 6) is 0.345. The van der Waals surface area contributed by atoms with Crippen LogP contribution >= 0.6 is 0 Å². The number of allylic oxidation sites excluding steroid dienone is 5. The van der Waals surface area contributed by atoms with Crippen molar-refractivity contribution in [2.75, 3.05) is 0 Å². The molecule has 1 heteroatoms. The maximum absolute atomic E-state index is 9.92. The van der Waals surface area contributed by atoms with E-state index in [4.69, 9.17) is 0 Å². The fourth-order valence-corrected chi connectivity index (χ4v) is 1.44. The molecule has 0 fully saturated rings. The average Bonchev–Trinajstić information content (AvgIpc) is 2.30. The van der Waals surface area contributed by atoms with Crippen molar-refractivity contribution in [1.29, 1.82) is 0 Å². The first-order valence-corrected chi connectivity index (χ1v) is 4.69. The minimum absolute atomic E-state index is 0.345. The third kappa shape index (κ3) is 1.77. The van der Waals surface area contributed by atoms with Gasteiger partial charge in [-0.2, -0.15) is 0 Å². The molecule has 0 radical (unpaired) electrons. The highest BCUT2D eigenvalue weighted by atomic mass is 16.3. The van der Waals surface area contributed by atoms with Crippen LogP contribution in [0.3, 0.4) is 0 Å². The molecule has 0 amide bonds. The lowest BCUT2D eigenvalue weighted by Crippen LogP contribution is -1.88. The Kier molecular flexibility index (Phi) is 2.50. The molecule has 70 valence electrons. The van der Waals surface area contributed by atoms with Gasteiger partial charge in [0.15, 0.2) is 0 Å². The quantitative estimate of drug-likeness (QED) is 0.662. The normalized spacial score (nSPS) is 14.4. The summed E-state index contributed by atoms with van der Waals surface area (Å²) >= 11 is 0. The van der Waals surface area contributed by atoms with E-state index in [0.29, 0.717) is 5.76 Å². The Hall–Kier alpha value is -1.76. The van der Waals surface area contributed by atoms with E-state index >= 15 is 0 Å². The number of aliphatic hydroxyl groups is 1. The van der Waals surface area contributed by atoms with Gasteiger partial charge in [-0.3, -0.25) is 0 Å². The molecule has 0 bridgehead atoms. The SMILES string of the molecule is OC(=C1C=CCC=C1)c1ccccc1. The molecule has 1 N–H and O–H groups in total. The van der Waals surface area contributed by atoms with Crippen molar-refractivity contribution in [1.82, 2.24) is 0 Å². The Balaban J connectivity index is 2.39. The molecule has 0 unspecified atom stereocenters. The standard InChI is InChI=1S/C13H12O/c14-13(11-7-3-1-4-8-11)12-9-5-2-6-10-12/h1,3-10,14H,2H2. The highest BCUT2D eigenvalue weighted by Gasteiger charge is 2.03. The van der Waals surface area contributed by atoms with Gasteiger partial charge in [0, 0.05) is 11.1 Å². The lowest BCUT2D eigenvalue weighted by atomic mass is 10.0. The summed E-state index contributed by atoms with van der Waals surface area (Å²) in [6.45, 7) is 0. The Morgan fingerprint density at radius 2 is 1.64 bits per heavy atom. The van der Waals surface area contributed by atoms with Gasteiger partial charge in [-0.1, -0.05) is 54.6 Å². The van der Waals surface area contributed by atoms with Crippen molar-refractivity contribution < 1.29 is 5.11 Å². The minimum atomic E-state index is 0.345. The highest BCUT2D eigenvalue weighted by molar-refractivity contribution is 5.67. The first kappa shape index (κ1) is 8.82. The average molecular weight is 184 g/mol. The molecule has 14 heavy (non-hydrogen) atoms. The maximum atomic E-state index is 9.92. The first-order chi connectivity index (χ1) is 6.88. The number of rotatable bonds is 1. The third-order valence-corrected chi connectivity index (χ3v) is 2.19. The molecule has 0 spiro atoms. The number of benzene rings is 1. The molecule has 0 atom stereocenters. The summed E-state index contributed by atoms with van der Waals surface area (Å²) in [7, 11) is 0. The smallest absolute Gasteiger partial charge is 0.129 e. The van der Waals surface area contributed by atoms with Gasteiger partial charge in [0.25, 0.3) is 0 Å². The monoisotopic (exact) mass is 184 g/mol. The second-order valence-electron chi connectivity index (χ2n) is 3.21. The number of hydrogen-bond donors (Lipinski definition) is 1. The van der Waals surface area contributed by atoms with Crippen LogP contribution in [0.1, 0.15) is 12.0 Å². The molecule has 0 aromatic heterocycles. The predicted molar refractivity (Wildman–Crippen MR) is 58.9 cm³/mol. The van der Waals surface area contributed by atoms with E-state index in [0.717, 1.165) is 17.6 Å². The van der Waals surface area contributed by atoms with Gasteiger partial charge in [0.1, 0.15) is 5.76 Å². The van der Waals surface area contributed by atoms with Crippen LogP contribution in [-0.2, 0) is 0 Å². The van der Waals surface area contributed by atoms with E-state index in [1.54, 1.807) is 0 Å². The molecule has 0 saturated carbocycles. The molecular weight excluding hydrogens is 172 g/mol. The van der Waals surface area contributed by atoms with Gasteiger partial charge < -0.3 is 5.11 Å². The van der Waals surface area contributed by atoms with Gasteiger partial charge in [0.05, 0.1) is 0 Å². The van der Waals surface area contributed by atoms with E-state index in [-0.39, 0.29) is 0 Å². The van der Waals surface area contributed by atoms with Crippen LogP contribution in [0, 0.1) is 0 Å². The number of hydrogen-bond acceptors (Lipinski definition) is 1. The summed E-state index contributed by atoms with van der Waals surface area (Å²) in [5, 5.41) is 9.92. The van der Waals surface area contributed by atoms with Gasteiger partial charge >= 0.3 is 0 Å². The van der Waals surface area contributed by atoms with Gasteiger partial charge in [-0.05, 0) is 6.42 Å². The molecule has 1 aromatic rings. The highest BCUT2D eigenvalue weighted by Crippen LogP contribution is 2.19. The zero-order valence-electron chi connectivity index (χ0n) is 7.85. The Morgan fingerprint density at radius 1 is 1.00 bits per heavy atom. The summed E-state index contributed by atoms with van der Waals surface area (Å²) in [6.07, 6.45) is 8.92. The molecular formula is C13H12O. The topological polar surface area (TPSA) is 20.2 Å². The Morgan fingerprint density at radius 3 is 2.29 bits per heavy atom. The van der Waals surface area contributed by atoms with Crippen LogP contribution in [0.5, 0.6) is 0 Å². The molecule has 0 aliphatic heterocycles. The van der Waals surface area contributed by atoms with E-state index in [2.05, 4.69) is 0 Å². The Bertz CT molecular complexity index is 383. The lowest BCUT2D eigenvalue weighted by Gasteiger charge is -2.05. The van der Waals surface area contributed by atoms with Crippen molar-refractivity contribution in [3.05, 3.63) is 65.8 Å². The second-order valence-corrected chi connectivity index (χ2v) is 3.21. The van der Waals surface area contributed by atoms with Crippen LogP contribution in [0.4, 0.5) is 0 Å². The van der Waals surface area contributed by atoms with E-state index in [9.17, 15) is 5.11 Å². The number of aliphatic hydroxyl groups excluding tert-OH is 1. The Labute approximate surface area is 83.7 Å². The fraction of sp³-hybridized carbons (Fsp3) is 0.0769. The lowest BCUT2D eigenvalue weighted by molar-refractivity contribution is 0.509. The van der Waals surface area contributed by atoms with Crippen LogP contribution in [0.25, 0.3) is 5.76 Å². The summed E-state index contributed by atoms with van der Waals surface area (Å²) in [5.41, 5.74) is 1.74. The molecule has 2 rings (SSSR count). The van der Waals surface area contributed by atoms with Crippen molar-refractivity contribution in [3.8, 4) is 0 Å². The van der Waals surface area contributed by atoms with Gasteiger partial charge in [-0.15, -0.1) is 0 Å². The molecule has 1 nitrogen and oxygen atoms in total. The van der Waals surface area contributed by atoms with E-state index < -0.39 is 0 Å². The van der Waals surface area contributed by atoms with Crippen LogP contribution in [0.2, 0.25) is 0 Å². The second kappa shape index (κ2) is 3.97. The summed E-state index contributed by atoms with van der Waals surface area (Å²) in [6, 6.07) is 9.58. The van der Waals surface area contributed by atoms with Crippen molar-refractivity contribution in [3.63, 3.8) is 0 Å². The van der Waals surface area contributed by atoms with Crippen LogP contribution in [0.15, 0.2) is 60.2 Å². The maximum Gasteiger partial charge on any atom is 0.129 e. The van der Waals surface area contributed by atoms with Gasteiger partial charge in [-0.25, -0.2) is 0 Å². The minimum Gasteiger partial charge on any atom is -0.507 e. The van der Waals surface area contributed by atoms with Crippen LogP contribution in [-0.4, -0.2) is 5.11 Å². The molecule has 0 heterocycles. The van der Waals surface area contributed by atoms with Crippen molar-refractivity contribution >= 4 is 5.76 Å². The first-order valence-electron chi connectivity index (χ1n) is 4.69. The van der Waals surface area contributed by atoms with Crippen molar-refractivity contribution in [2.24, 2.45) is 0 Å². The fourth-order valence-electron chi connectivity index (χ4n) is 1.44. The summed E-state index contributed by atoms with van der Waals surface area (Å²) < 4.78 is 0.